The summed E-state index contributed by atoms with van der Waals surface area (Å²) in [6, 6.07) is 12.9. The third-order valence-corrected chi connectivity index (χ3v) is 4.48. The van der Waals surface area contributed by atoms with Crippen LogP contribution in [0.4, 0.5) is 11.4 Å². The number of benzene rings is 2. The van der Waals surface area contributed by atoms with E-state index < -0.39 is 5.41 Å². The summed E-state index contributed by atoms with van der Waals surface area (Å²) in [4.78, 5) is 25.1. The lowest BCUT2D eigenvalue weighted by molar-refractivity contribution is -0.135. The molecular formula is C19H21BrN2O2. The third-order valence-electron chi connectivity index (χ3n) is 3.98. The Morgan fingerprint density at radius 1 is 0.875 bits per heavy atom. The molecule has 4 nitrogen and oxygen atoms in total. The van der Waals surface area contributed by atoms with Gasteiger partial charge in [-0.1, -0.05) is 28.1 Å². The number of amides is 2. The van der Waals surface area contributed by atoms with Crippen molar-refractivity contribution in [1.29, 1.82) is 0 Å². The summed E-state index contributed by atoms with van der Waals surface area (Å²) >= 11 is 3.36. The quantitative estimate of drug-likeness (QED) is 0.747. The molecule has 2 rings (SSSR count). The van der Waals surface area contributed by atoms with E-state index in [4.69, 9.17) is 0 Å². The van der Waals surface area contributed by atoms with Crippen LogP contribution in [0.3, 0.4) is 0 Å². The molecule has 0 unspecified atom stereocenters. The highest BCUT2D eigenvalue weighted by Crippen LogP contribution is 2.23. The zero-order valence-electron chi connectivity index (χ0n) is 14.2. The predicted molar refractivity (Wildman–Crippen MR) is 101 cm³/mol. The Morgan fingerprint density at radius 3 is 2.00 bits per heavy atom. The number of carbonyl (C=O) groups excluding carboxylic acids is 2. The fraction of sp³-hybridized carbons (Fsp3) is 0.263. The first-order valence-electron chi connectivity index (χ1n) is 7.66. The Balaban J connectivity index is 2.11. The summed E-state index contributed by atoms with van der Waals surface area (Å²) in [7, 11) is 0. The molecule has 2 amide bonds. The van der Waals surface area contributed by atoms with Gasteiger partial charge in [-0.05, 0) is 69.2 Å². The Bertz CT molecular complexity index is 785. The molecule has 0 aliphatic rings. The van der Waals surface area contributed by atoms with Crippen molar-refractivity contribution in [3.8, 4) is 0 Å². The van der Waals surface area contributed by atoms with E-state index in [0.29, 0.717) is 11.4 Å². The average Bonchev–Trinajstić information content (AvgIpc) is 2.50. The number of hydrogen-bond donors (Lipinski definition) is 2. The van der Waals surface area contributed by atoms with Crippen molar-refractivity contribution in [3.05, 3.63) is 58.1 Å². The smallest absolute Gasteiger partial charge is 0.239 e. The number of rotatable bonds is 4. The van der Waals surface area contributed by atoms with E-state index in [1.165, 1.54) is 0 Å². The van der Waals surface area contributed by atoms with E-state index in [9.17, 15) is 9.59 Å². The SMILES string of the molecule is Cc1ccc(NC(=O)C(C)(C)C(=O)Nc2cccc(Br)c2)cc1C. The molecule has 5 heteroatoms. The molecule has 0 heterocycles. The van der Waals surface area contributed by atoms with Crippen LogP contribution in [0.2, 0.25) is 0 Å². The average molecular weight is 389 g/mol. The second kappa shape index (κ2) is 7.18. The fourth-order valence-electron chi connectivity index (χ4n) is 2.06. The first-order valence-corrected chi connectivity index (χ1v) is 8.45. The minimum atomic E-state index is -1.21. The number of aryl methyl sites for hydroxylation is 2. The van der Waals surface area contributed by atoms with Gasteiger partial charge in [-0.15, -0.1) is 0 Å². The summed E-state index contributed by atoms with van der Waals surface area (Å²) in [6.07, 6.45) is 0. The zero-order valence-corrected chi connectivity index (χ0v) is 15.8. The Labute approximate surface area is 150 Å². The second-order valence-corrected chi connectivity index (χ2v) is 7.26. The Morgan fingerprint density at radius 2 is 1.46 bits per heavy atom. The maximum absolute atomic E-state index is 12.5. The first-order chi connectivity index (χ1) is 11.2. The lowest BCUT2D eigenvalue weighted by Gasteiger charge is -2.23. The van der Waals surface area contributed by atoms with Gasteiger partial charge in [0.2, 0.25) is 11.8 Å². The lowest BCUT2D eigenvalue weighted by atomic mass is 9.90. The van der Waals surface area contributed by atoms with E-state index in [2.05, 4.69) is 26.6 Å². The lowest BCUT2D eigenvalue weighted by Crippen LogP contribution is -2.41. The molecule has 0 saturated carbocycles. The Hall–Kier alpha value is -2.14. The molecule has 0 aromatic heterocycles. The number of halogens is 1. The summed E-state index contributed by atoms with van der Waals surface area (Å²) in [5.74, 6) is -0.708. The van der Waals surface area contributed by atoms with Crippen LogP contribution in [0.5, 0.6) is 0 Å². The van der Waals surface area contributed by atoms with Gasteiger partial charge in [0.25, 0.3) is 0 Å². The molecule has 0 radical (unpaired) electrons. The third kappa shape index (κ3) is 4.23. The maximum Gasteiger partial charge on any atom is 0.239 e. The van der Waals surface area contributed by atoms with E-state index in [-0.39, 0.29) is 11.8 Å². The van der Waals surface area contributed by atoms with Crippen LogP contribution in [0, 0.1) is 19.3 Å². The van der Waals surface area contributed by atoms with Crippen LogP contribution >= 0.6 is 15.9 Å². The molecule has 0 aliphatic carbocycles. The van der Waals surface area contributed by atoms with E-state index in [0.717, 1.165) is 15.6 Å². The van der Waals surface area contributed by atoms with Gasteiger partial charge < -0.3 is 10.6 Å². The van der Waals surface area contributed by atoms with Gasteiger partial charge in [0, 0.05) is 15.8 Å². The van der Waals surface area contributed by atoms with Gasteiger partial charge in [-0.2, -0.15) is 0 Å². The van der Waals surface area contributed by atoms with Crippen molar-refractivity contribution >= 4 is 39.1 Å². The van der Waals surface area contributed by atoms with Crippen LogP contribution in [-0.4, -0.2) is 11.8 Å². The zero-order chi connectivity index (χ0) is 17.9. The molecule has 0 fully saturated rings. The van der Waals surface area contributed by atoms with Crippen LogP contribution in [-0.2, 0) is 9.59 Å². The van der Waals surface area contributed by atoms with Crippen molar-refractivity contribution in [1.82, 2.24) is 0 Å². The maximum atomic E-state index is 12.5. The number of nitrogens with one attached hydrogen (secondary N) is 2. The monoisotopic (exact) mass is 388 g/mol. The van der Waals surface area contributed by atoms with E-state index in [1.807, 2.05) is 44.2 Å². The van der Waals surface area contributed by atoms with Crippen molar-refractivity contribution < 1.29 is 9.59 Å². The molecular weight excluding hydrogens is 368 g/mol. The normalized spacial score (nSPS) is 11.0. The molecule has 0 saturated heterocycles. The molecule has 2 aromatic rings. The van der Waals surface area contributed by atoms with Crippen LogP contribution in [0.1, 0.15) is 25.0 Å². The highest BCUT2D eigenvalue weighted by molar-refractivity contribution is 9.10. The summed E-state index contributed by atoms with van der Waals surface area (Å²) in [5.41, 5.74) is 2.36. The molecule has 0 aliphatic heterocycles. The van der Waals surface area contributed by atoms with Gasteiger partial charge in [-0.3, -0.25) is 9.59 Å². The summed E-state index contributed by atoms with van der Waals surface area (Å²) in [5, 5.41) is 5.60. The van der Waals surface area contributed by atoms with E-state index >= 15 is 0 Å². The molecule has 126 valence electrons. The molecule has 24 heavy (non-hydrogen) atoms. The van der Waals surface area contributed by atoms with Crippen LogP contribution in [0.15, 0.2) is 46.9 Å². The highest BCUT2D eigenvalue weighted by atomic mass is 79.9. The molecule has 2 N–H and O–H groups in total. The minimum absolute atomic E-state index is 0.349. The highest BCUT2D eigenvalue weighted by Gasteiger charge is 2.36. The largest absolute Gasteiger partial charge is 0.325 e. The van der Waals surface area contributed by atoms with Crippen LogP contribution in [0.25, 0.3) is 0 Å². The van der Waals surface area contributed by atoms with Gasteiger partial charge in [0.1, 0.15) is 5.41 Å². The predicted octanol–water partition coefficient (Wildman–Crippen LogP) is 4.67. The van der Waals surface area contributed by atoms with Crippen molar-refractivity contribution in [3.63, 3.8) is 0 Å². The topological polar surface area (TPSA) is 58.2 Å². The van der Waals surface area contributed by atoms with E-state index in [1.54, 1.807) is 26.0 Å². The van der Waals surface area contributed by atoms with Crippen LogP contribution < -0.4 is 10.6 Å². The van der Waals surface area contributed by atoms with Gasteiger partial charge in [-0.25, -0.2) is 0 Å². The van der Waals surface area contributed by atoms with Crippen molar-refractivity contribution in [2.75, 3.05) is 10.6 Å². The molecule has 2 aromatic carbocycles. The number of anilines is 2. The van der Waals surface area contributed by atoms with Crippen molar-refractivity contribution in [2.45, 2.75) is 27.7 Å². The van der Waals surface area contributed by atoms with Crippen molar-refractivity contribution in [2.24, 2.45) is 5.41 Å². The second-order valence-electron chi connectivity index (χ2n) is 6.34. The van der Waals surface area contributed by atoms with Gasteiger partial charge in [0.05, 0.1) is 0 Å². The summed E-state index contributed by atoms with van der Waals surface area (Å²) < 4.78 is 0.859. The fourth-order valence-corrected chi connectivity index (χ4v) is 2.46. The first kappa shape index (κ1) is 18.2. The summed E-state index contributed by atoms with van der Waals surface area (Å²) in [6.45, 7) is 7.21. The molecule has 0 atom stereocenters. The molecule has 0 bridgehead atoms. The molecule has 0 spiro atoms. The Kier molecular flexibility index (Phi) is 5.44. The van der Waals surface area contributed by atoms with Gasteiger partial charge >= 0.3 is 0 Å². The standard InChI is InChI=1S/C19H21BrN2O2/c1-12-8-9-16(10-13(12)2)22-18(24)19(3,4)17(23)21-15-7-5-6-14(20)11-15/h5-11H,1-4H3,(H,21,23)(H,22,24). The minimum Gasteiger partial charge on any atom is -0.325 e. The van der Waals surface area contributed by atoms with Gasteiger partial charge in [0.15, 0.2) is 0 Å². The number of carbonyl (C=O) groups is 2. The number of hydrogen-bond acceptors (Lipinski definition) is 2.